The van der Waals surface area contributed by atoms with Gasteiger partial charge in [0.15, 0.2) is 5.96 Å². The van der Waals surface area contributed by atoms with E-state index in [9.17, 15) is 0 Å². The van der Waals surface area contributed by atoms with E-state index in [4.69, 9.17) is 4.99 Å². The summed E-state index contributed by atoms with van der Waals surface area (Å²) in [6.45, 7) is 7.60. The van der Waals surface area contributed by atoms with E-state index in [-0.39, 0.29) is 24.0 Å². The van der Waals surface area contributed by atoms with Crippen LogP contribution in [0.4, 0.5) is 0 Å². The molecule has 0 aliphatic carbocycles. The molecule has 1 N–H and O–H groups in total. The van der Waals surface area contributed by atoms with Gasteiger partial charge in [0.1, 0.15) is 12.2 Å². The smallest absolute Gasteiger partial charge is 0.194 e. The van der Waals surface area contributed by atoms with Crippen LogP contribution in [0.5, 0.6) is 0 Å². The molecule has 0 spiro atoms. The number of halogens is 1. The molecule has 1 heterocycles. The average molecular weight is 516 g/mol. The van der Waals surface area contributed by atoms with Crippen LogP contribution in [0.3, 0.4) is 0 Å². The Bertz CT molecular complexity index is 701. The normalized spacial score (nSPS) is 11.2. The minimum Gasteiger partial charge on any atom is -0.354 e. The first-order chi connectivity index (χ1) is 13.2. The van der Waals surface area contributed by atoms with E-state index in [2.05, 4.69) is 76.4 Å². The molecule has 0 aliphatic rings. The van der Waals surface area contributed by atoms with Crippen molar-refractivity contribution in [2.45, 2.75) is 51.1 Å². The maximum atomic E-state index is 4.79. The van der Waals surface area contributed by atoms with Gasteiger partial charge in [-0.15, -0.1) is 45.9 Å². The first-order valence-corrected chi connectivity index (χ1v) is 10.9. The summed E-state index contributed by atoms with van der Waals surface area (Å²) in [7, 11) is 2.09. The lowest BCUT2D eigenvalue weighted by atomic mass is 10.2. The zero-order valence-electron chi connectivity index (χ0n) is 17.4. The van der Waals surface area contributed by atoms with Crippen molar-refractivity contribution in [3.63, 3.8) is 0 Å². The zero-order chi connectivity index (χ0) is 19.5. The summed E-state index contributed by atoms with van der Waals surface area (Å²) in [5.41, 5.74) is 1.28. The predicted molar refractivity (Wildman–Crippen MR) is 130 cm³/mol. The Balaban J connectivity index is 0.00000392. The fourth-order valence-corrected chi connectivity index (χ4v) is 3.17. The van der Waals surface area contributed by atoms with Gasteiger partial charge >= 0.3 is 0 Å². The Hall–Kier alpha value is -1.29. The van der Waals surface area contributed by atoms with E-state index in [1.165, 1.54) is 10.5 Å². The lowest BCUT2D eigenvalue weighted by Gasteiger charge is -2.23. The average Bonchev–Trinajstić information content (AvgIpc) is 3.15. The molecule has 1 aromatic heterocycles. The summed E-state index contributed by atoms with van der Waals surface area (Å²) < 4.78 is 2.10. The second kappa shape index (κ2) is 13.8. The van der Waals surface area contributed by atoms with Gasteiger partial charge in [-0.3, -0.25) is 4.99 Å². The Labute approximate surface area is 190 Å². The van der Waals surface area contributed by atoms with Crippen molar-refractivity contribution in [1.82, 2.24) is 25.0 Å². The van der Waals surface area contributed by atoms with Gasteiger partial charge in [0.25, 0.3) is 0 Å². The molecule has 0 fully saturated rings. The highest BCUT2D eigenvalue weighted by Gasteiger charge is 2.08. The molecule has 156 valence electrons. The number of rotatable bonds is 10. The van der Waals surface area contributed by atoms with Gasteiger partial charge in [-0.2, -0.15) is 0 Å². The van der Waals surface area contributed by atoms with Crippen LogP contribution in [0.2, 0.25) is 0 Å². The molecule has 2 rings (SSSR count). The molecule has 0 atom stereocenters. The third kappa shape index (κ3) is 7.98. The van der Waals surface area contributed by atoms with E-state index in [0.717, 1.165) is 57.2 Å². The fraction of sp³-hybridized carbons (Fsp3) is 0.550. The number of thioether (sulfide) groups is 1. The van der Waals surface area contributed by atoms with Gasteiger partial charge in [-0.1, -0.05) is 32.4 Å². The second-order valence-corrected chi connectivity index (χ2v) is 7.36. The molecule has 0 saturated carbocycles. The molecule has 2 aromatic rings. The number of hydrogen-bond acceptors (Lipinski definition) is 4. The molecule has 28 heavy (non-hydrogen) atoms. The lowest BCUT2D eigenvalue weighted by Crippen LogP contribution is -2.40. The van der Waals surface area contributed by atoms with E-state index >= 15 is 0 Å². The number of hydrogen-bond donors (Lipinski definition) is 1. The second-order valence-electron chi connectivity index (χ2n) is 6.48. The Morgan fingerprint density at radius 2 is 2.00 bits per heavy atom. The van der Waals surface area contributed by atoms with Crippen LogP contribution in [0, 0.1) is 0 Å². The standard InChI is InChI=1S/C20H32N6S.HI/c1-5-7-12-21-20(22-13-14-26-16-23-24-19(26)6-2)25(3)15-17-8-10-18(27-4)11-9-17;/h8-11,16H,5-7,12-15H2,1-4H3,(H,21,22);1H. The van der Waals surface area contributed by atoms with Crippen LogP contribution in [0.15, 0.2) is 40.5 Å². The van der Waals surface area contributed by atoms with Crippen molar-refractivity contribution in [2.75, 3.05) is 26.4 Å². The summed E-state index contributed by atoms with van der Waals surface area (Å²) in [4.78, 5) is 8.27. The number of unbranched alkanes of at least 4 members (excludes halogenated alkanes) is 1. The van der Waals surface area contributed by atoms with Crippen LogP contribution in [-0.4, -0.2) is 52.0 Å². The Morgan fingerprint density at radius 3 is 2.64 bits per heavy atom. The zero-order valence-corrected chi connectivity index (χ0v) is 20.5. The highest BCUT2D eigenvalue weighted by atomic mass is 127. The summed E-state index contributed by atoms with van der Waals surface area (Å²) in [6.07, 6.45) is 7.04. The van der Waals surface area contributed by atoms with Gasteiger partial charge in [0, 0.05) is 44.5 Å². The van der Waals surface area contributed by atoms with Crippen molar-refractivity contribution in [1.29, 1.82) is 0 Å². The van der Waals surface area contributed by atoms with Crippen molar-refractivity contribution in [3.05, 3.63) is 42.0 Å². The van der Waals surface area contributed by atoms with Crippen LogP contribution in [0.25, 0.3) is 0 Å². The number of benzene rings is 1. The highest BCUT2D eigenvalue weighted by molar-refractivity contribution is 14.0. The van der Waals surface area contributed by atoms with Gasteiger partial charge < -0.3 is 14.8 Å². The predicted octanol–water partition coefficient (Wildman–Crippen LogP) is 4.06. The van der Waals surface area contributed by atoms with E-state index in [0.29, 0.717) is 0 Å². The Morgan fingerprint density at radius 1 is 1.25 bits per heavy atom. The van der Waals surface area contributed by atoms with E-state index < -0.39 is 0 Å². The van der Waals surface area contributed by atoms with Crippen LogP contribution in [0.1, 0.15) is 38.1 Å². The van der Waals surface area contributed by atoms with Crippen LogP contribution < -0.4 is 5.32 Å². The number of guanidine groups is 1. The molecule has 0 radical (unpaired) electrons. The molecule has 6 nitrogen and oxygen atoms in total. The number of aliphatic imine (C=N–C) groups is 1. The van der Waals surface area contributed by atoms with Gasteiger partial charge in [0.05, 0.1) is 0 Å². The third-order valence-electron chi connectivity index (χ3n) is 4.36. The molecule has 0 bridgehead atoms. The molecule has 0 amide bonds. The molecule has 8 heteroatoms. The first-order valence-electron chi connectivity index (χ1n) is 9.67. The number of nitrogens with one attached hydrogen (secondary N) is 1. The van der Waals surface area contributed by atoms with Gasteiger partial charge in [0.2, 0.25) is 0 Å². The molecule has 0 saturated heterocycles. The number of aromatic nitrogens is 3. The fourth-order valence-electron chi connectivity index (χ4n) is 2.76. The van der Waals surface area contributed by atoms with Crippen molar-refractivity contribution < 1.29 is 0 Å². The number of aryl methyl sites for hydroxylation is 1. The summed E-state index contributed by atoms with van der Waals surface area (Å²) in [6, 6.07) is 8.73. The summed E-state index contributed by atoms with van der Waals surface area (Å²) >= 11 is 1.77. The lowest BCUT2D eigenvalue weighted by molar-refractivity contribution is 0.470. The monoisotopic (exact) mass is 516 g/mol. The van der Waals surface area contributed by atoms with Crippen molar-refractivity contribution >= 4 is 41.7 Å². The summed E-state index contributed by atoms with van der Waals surface area (Å²) in [5, 5.41) is 11.6. The maximum absolute atomic E-state index is 4.79. The largest absolute Gasteiger partial charge is 0.354 e. The van der Waals surface area contributed by atoms with E-state index in [1.807, 2.05) is 0 Å². The molecular formula is C20H33IN6S. The van der Waals surface area contributed by atoms with Crippen molar-refractivity contribution in [3.8, 4) is 0 Å². The van der Waals surface area contributed by atoms with Crippen LogP contribution in [-0.2, 0) is 19.5 Å². The van der Waals surface area contributed by atoms with Crippen molar-refractivity contribution in [2.24, 2.45) is 4.99 Å². The van der Waals surface area contributed by atoms with E-state index in [1.54, 1.807) is 18.1 Å². The molecule has 1 aromatic carbocycles. The SMILES string of the molecule is CCCCN=C(NCCn1cnnc1CC)N(C)Cc1ccc(SC)cc1.I. The van der Waals surface area contributed by atoms with Crippen LogP contribution >= 0.6 is 35.7 Å². The summed E-state index contributed by atoms with van der Waals surface area (Å²) in [5.74, 6) is 1.96. The topological polar surface area (TPSA) is 58.3 Å². The molecular weight excluding hydrogens is 483 g/mol. The minimum absolute atomic E-state index is 0. The maximum Gasteiger partial charge on any atom is 0.194 e. The van der Waals surface area contributed by atoms with Gasteiger partial charge in [-0.05, 0) is 30.4 Å². The molecule has 0 aliphatic heterocycles. The molecule has 0 unspecified atom stereocenters. The quantitative estimate of drug-likeness (QED) is 0.170. The minimum atomic E-state index is 0. The van der Waals surface area contributed by atoms with Gasteiger partial charge in [-0.25, -0.2) is 0 Å². The third-order valence-corrected chi connectivity index (χ3v) is 5.10. The number of nitrogens with zero attached hydrogens (tertiary/aromatic N) is 5. The Kier molecular flexibility index (Phi) is 12.2. The highest BCUT2D eigenvalue weighted by Crippen LogP contribution is 2.15. The first kappa shape index (κ1) is 24.7.